The molecular formula is C17H26N4. The van der Waals surface area contributed by atoms with E-state index in [2.05, 4.69) is 53.4 Å². The summed E-state index contributed by atoms with van der Waals surface area (Å²) in [6.07, 6.45) is 1.00. The number of nitrogens with one attached hydrogen (secondary N) is 1. The van der Waals surface area contributed by atoms with Crippen LogP contribution in [0.1, 0.15) is 37.6 Å². The Kier molecular flexibility index (Phi) is 5.67. The molecule has 1 aromatic carbocycles. The second kappa shape index (κ2) is 7.50. The summed E-state index contributed by atoms with van der Waals surface area (Å²) in [6.45, 7) is 9.61. The Hall–Kier alpha value is -1.49. The SMILES string of the molecule is CCN(CC)CCC(NN)c1ccc2nc(C)ccc2c1. The highest BCUT2D eigenvalue weighted by molar-refractivity contribution is 5.79. The molecule has 4 nitrogen and oxygen atoms in total. The molecule has 2 rings (SSSR count). The maximum absolute atomic E-state index is 5.76. The summed E-state index contributed by atoms with van der Waals surface area (Å²) in [5, 5.41) is 1.17. The summed E-state index contributed by atoms with van der Waals surface area (Å²) in [6, 6.07) is 10.7. The summed E-state index contributed by atoms with van der Waals surface area (Å²) in [5.41, 5.74) is 6.26. The third kappa shape index (κ3) is 4.00. The molecule has 0 aliphatic heterocycles. The standard InChI is InChI=1S/C17H26N4/c1-4-21(5-2)11-10-17(20-18)15-8-9-16-14(12-15)7-6-13(3)19-16/h6-9,12,17,20H,4-5,10-11,18H2,1-3H3. The van der Waals surface area contributed by atoms with E-state index in [4.69, 9.17) is 5.84 Å². The molecule has 1 unspecified atom stereocenters. The predicted molar refractivity (Wildman–Crippen MR) is 88.9 cm³/mol. The van der Waals surface area contributed by atoms with Gasteiger partial charge in [-0.05, 0) is 56.7 Å². The van der Waals surface area contributed by atoms with Gasteiger partial charge in [-0.1, -0.05) is 26.0 Å². The molecule has 1 heterocycles. The first-order chi connectivity index (χ1) is 10.2. The highest BCUT2D eigenvalue weighted by Crippen LogP contribution is 2.21. The second-order valence-corrected chi connectivity index (χ2v) is 5.44. The van der Waals surface area contributed by atoms with Crippen molar-refractivity contribution in [3.63, 3.8) is 0 Å². The van der Waals surface area contributed by atoms with Gasteiger partial charge in [0.05, 0.1) is 5.52 Å². The average Bonchev–Trinajstić information content (AvgIpc) is 2.51. The minimum Gasteiger partial charge on any atom is -0.304 e. The lowest BCUT2D eigenvalue weighted by Gasteiger charge is -2.22. The van der Waals surface area contributed by atoms with E-state index in [0.717, 1.165) is 37.3 Å². The molecule has 0 aliphatic rings. The number of fused-ring (bicyclic) bond motifs is 1. The van der Waals surface area contributed by atoms with Gasteiger partial charge in [0.25, 0.3) is 0 Å². The molecule has 0 saturated heterocycles. The van der Waals surface area contributed by atoms with Crippen molar-refractivity contribution in [1.29, 1.82) is 0 Å². The number of pyridine rings is 1. The van der Waals surface area contributed by atoms with Crippen LogP contribution in [0.15, 0.2) is 30.3 Å². The van der Waals surface area contributed by atoms with Crippen molar-refractivity contribution in [2.75, 3.05) is 19.6 Å². The number of benzene rings is 1. The normalized spacial score (nSPS) is 13.0. The molecule has 114 valence electrons. The first-order valence-corrected chi connectivity index (χ1v) is 7.73. The van der Waals surface area contributed by atoms with Gasteiger partial charge in [0, 0.05) is 17.1 Å². The van der Waals surface area contributed by atoms with Crippen LogP contribution < -0.4 is 11.3 Å². The smallest absolute Gasteiger partial charge is 0.0705 e. The van der Waals surface area contributed by atoms with Gasteiger partial charge in [0.2, 0.25) is 0 Å². The Bertz CT molecular complexity index is 578. The van der Waals surface area contributed by atoms with Crippen LogP contribution in [-0.2, 0) is 0 Å². The van der Waals surface area contributed by atoms with Gasteiger partial charge in [-0.25, -0.2) is 0 Å². The van der Waals surface area contributed by atoms with Crippen molar-refractivity contribution < 1.29 is 0 Å². The zero-order chi connectivity index (χ0) is 15.2. The summed E-state index contributed by atoms with van der Waals surface area (Å²) in [4.78, 5) is 6.96. The molecule has 1 aromatic heterocycles. The van der Waals surface area contributed by atoms with Gasteiger partial charge in [-0.15, -0.1) is 0 Å². The average molecular weight is 286 g/mol. The molecule has 2 aromatic rings. The zero-order valence-electron chi connectivity index (χ0n) is 13.3. The van der Waals surface area contributed by atoms with E-state index in [1.807, 2.05) is 13.0 Å². The topological polar surface area (TPSA) is 54.2 Å². The molecule has 4 heteroatoms. The maximum Gasteiger partial charge on any atom is 0.0705 e. The van der Waals surface area contributed by atoms with Crippen LogP contribution in [0.5, 0.6) is 0 Å². The quantitative estimate of drug-likeness (QED) is 0.607. The number of nitrogens with zero attached hydrogens (tertiary/aromatic N) is 2. The van der Waals surface area contributed by atoms with Crippen LogP contribution in [0.3, 0.4) is 0 Å². The van der Waals surface area contributed by atoms with Crippen molar-refractivity contribution in [3.05, 3.63) is 41.6 Å². The monoisotopic (exact) mass is 286 g/mol. The van der Waals surface area contributed by atoms with Crippen molar-refractivity contribution >= 4 is 10.9 Å². The Morgan fingerprint density at radius 3 is 2.62 bits per heavy atom. The molecular weight excluding hydrogens is 260 g/mol. The molecule has 0 aliphatic carbocycles. The fraction of sp³-hybridized carbons (Fsp3) is 0.471. The third-order valence-corrected chi connectivity index (χ3v) is 4.08. The molecule has 3 N–H and O–H groups in total. The molecule has 1 atom stereocenters. The molecule has 0 amide bonds. The first kappa shape index (κ1) is 15.9. The molecule has 0 fully saturated rings. The summed E-state index contributed by atoms with van der Waals surface area (Å²) in [7, 11) is 0. The molecule has 0 bridgehead atoms. The van der Waals surface area contributed by atoms with Crippen molar-refractivity contribution in [2.45, 2.75) is 33.2 Å². The van der Waals surface area contributed by atoms with E-state index in [1.165, 1.54) is 10.9 Å². The second-order valence-electron chi connectivity index (χ2n) is 5.44. The van der Waals surface area contributed by atoms with Gasteiger partial charge >= 0.3 is 0 Å². The number of hydrazine groups is 1. The number of aromatic nitrogens is 1. The number of rotatable bonds is 7. The Balaban J connectivity index is 2.16. The van der Waals surface area contributed by atoms with Gasteiger partial charge < -0.3 is 4.90 Å². The predicted octanol–water partition coefficient (Wildman–Crippen LogP) is 2.78. The van der Waals surface area contributed by atoms with E-state index in [9.17, 15) is 0 Å². The van der Waals surface area contributed by atoms with Gasteiger partial charge in [0.1, 0.15) is 0 Å². The lowest BCUT2D eigenvalue weighted by molar-refractivity contribution is 0.282. The van der Waals surface area contributed by atoms with Crippen LogP contribution >= 0.6 is 0 Å². The zero-order valence-corrected chi connectivity index (χ0v) is 13.3. The van der Waals surface area contributed by atoms with Crippen molar-refractivity contribution in [3.8, 4) is 0 Å². The van der Waals surface area contributed by atoms with Gasteiger partial charge in [0.15, 0.2) is 0 Å². The summed E-state index contributed by atoms with van der Waals surface area (Å²) in [5.74, 6) is 5.76. The third-order valence-electron chi connectivity index (χ3n) is 4.08. The Morgan fingerprint density at radius 1 is 1.19 bits per heavy atom. The molecule has 0 spiro atoms. The van der Waals surface area contributed by atoms with Crippen molar-refractivity contribution in [2.24, 2.45) is 5.84 Å². The number of hydrogen-bond acceptors (Lipinski definition) is 4. The van der Waals surface area contributed by atoms with Crippen molar-refractivity contribution in [1.82, 2.24) is 15.3 Å². The largest absolute Gasteiger partial charge is 0.304 e. The van der Waals surface area contributed by atoms with E-state index in [1.54, 1.807) is 0 Å². The molecule has 21 heavy (non-hydrogen) atoms. The molecule has 0 radical (unpaired) electrons. The van der Waals surface area contributed by atoms with E-state index in [-0.39, 0.29) is 6.04 Å². The van der Waals surface area contributed by atoms with Crippen LogP contribution in [0, 0.1) is 6.92 Å². The number of hydrogen-bond donors (Lipinski definition) is 2. The van der Waals surface area contributed by atoms with E-state index < -0.39 is 0 Å². The van der Waals surface area contributed by atoms with Crippen LogP contribution in [-0.4, -0.2) is 29.5 Å². The molecule has 0 saturated carbocycles. The Labute approximate surface area is 127 Å². The summed E-state index contributed by atoms with van der Waals surface area (Å²) < 4.78 is 0. The minimum absolute atomic E-state index is 0.177. The fourth-order valence-electron chi connectivity index (χ4n) is 2.66. The highest BCUT2D eigenvalue weighted by atomic mass is 15.2. The highest BCUT2D eigenvalue weighted by Gasteiger charge is 2.12. The first-order valence-electron chi connectivity index (χ1n) is 7.73. The number of nitrogens with two attached hydrogens (primary N) is 1. The summed E-state index contributed by atoms with van der Waals surface area (Å²) >= 11 is 0. The van der Waals surface area contributed by atoms with E-state index in [0.29, 0.717) is 0 Å². The minimum atomic E-state index is 0.177. The van der Waals surface area contributed by atoms with E-state index >= 15 is 0 Å². The number of aryl methyl sites for hydroxylation is 1. The maximum atomic E-state index is 5.76. The van der Waals surface area contributed by atoms with Gasteiger partial charge in [-0.3, -0.25) is 16.3 Å². The van der Waals surface area contributed by atoms with Crippen LogP contribution in [0.4, 0.5) is 0 Å². The van der Waals surface area contributed by atoms with Gasteiger partial charge in [-0.2, -0.15) is 0 Å². The lowest BCUT2D eigenvalue weighted by Crippen LogP contribution is -2.32. The van der Waals surface area contributed by atoms with Crippen LogP contribution in [0.2, 0.25) is 0 Å². The lowest BCUT2D eigenvalue weighted by atomic mass is 10.0. The Morgan fingerprint density at radius 2 is 1.95 bits per heavy atom. The van der Waals surface area contributed by atoms with Crippen LogP contribution in [0.25, 0.3) is 10.9 Å². The fourth-order valence-corrected chi connectivity index (χ4v) is 2.66.